The van der Waals surface area contributed by atoms with E-state index in [1.807, 2.05) is 0 Å². The highest BCUT2D eigenvalue weighted by Gasteiger charge is 2.01. The Morgan fingerprint density at radius 3 is 2.54 bits per heavy atom. The largest absolute Gasteiger partial charge is 0.772 e. The molecular formula is C8H7F2O2S-. The van der Waals surface area contributed by atoms with Crippen molar-refractivity contribution in [2.75, 3.05) is 5.75 Å². The average Bonchev–Trinajstić information content (AvgIpc) is 2.07. The number of hydrogen-bond acceptors (Lipinski definition) is 2. The minimum absolute atomic E-state index is 0.0783. The molecule has 5 heteroatoms. The number of halogens is 2. The maximum Gasteiger partial charge on any atom is 0.159 e. The summed E-state index contributed by atoms with van der Waals surface area (Å²) in [6, 6.07) is 3.35. The van der Waals surface area contributed by atoms with Gasteiger partial charge < -0.3 is 4.55 Å². The summed E-state index contributed by atoms with van der Waals surface area (Å²) in [7, 11) is 0. The maximum absolute atomic E-state index is 12.6. The molecule has 1 aromatic rings. The molecule has 1 aromatic carbocycles. The second kappa shape index (κ2) is 4.43. The van der Waals surface area contributed by atoms with Crippen LogP contribution in [0.2, 0.25) is 0 Å². The van der Waals surface area contributed by atoms with Gasteiger partial charge in [0.05, 0.1) is 0 Å². The lowest BCUT2D eigenvalue weighted by Crippen LogP contribution is -2.00. The molecule has 13 heavy (non-hydrogen) atoms. The molecule has 2 nitrogen and oxygen atoms in total. The third-order valence-electron chi connectivity index (χ3n) is 1.54. The maximum atomic E-state index is 12.6. The highest BCUT2D eigenvalue weighted by atomic mass is 32.2. The SMILES string of the molecule is O=S([O-])CCc1ccc(F)c(F)c1. The number of benzene rings is 1. The molecule has 0 aromatic heterocycles. The zero-order valence-electron chi connectivity index (χ0n) is 6.63. The van der Waals surface area contributed by atoms with Crippen LogP contribution >= 0.6 is 0 Å². The first-order valence-electron chi connectivity index (χ1n) is 3.59. The molecule has 0 amide bonds. The summed E-state index contributed by atoms with van der Waals surface area (Å²) in [4.78, 5) is 0. The van der Waals surface area contributed by atoms with E-state index in [4.69, 9.17) is 0 Å². The predicted molar refractivity (Wildman–Crippen MR) is 43.8 cm³/mol. The molecule has 0 aliphatic rings. The van der Waals surface area contributed by atoms with Gasteiger partial charge in [0.2, 0.25) is 0 Å². The van der Waals surface area contributed by atoms with Crippen molar-refractivity contribution in [3.05, 3.63) is 35.4 Å². The van der Waals surface area contributed by atoms with E-state index >= 15 is 0 Å². The minimum atomic E-state index is -2.14. The molecule has 1 unspecified atom stereocenters. The van der Waals surface area contributed by atoms with Crippen molar-refractivity contribution in [3.63, 3.8) is 0 Å². The van der Waals surface area contributed by atoms with Crippen LogP contribution in [0.5, 0.6) is 0 Å². The molecule has 0 spiro atoms. The predicted octanol–water partition coefficient (Wildman–Crippen LogP) is 1.39. The minimum Gasteiger partial charge on any atom is -0.772 e. The van der Waals surface area contributed by atoms with Gasteiger partial charge in [-0.25, -0.2) is 8.78 Å². The zero-order chi connectivity index (χ0) is 9.84. The molecule has 0 saturated heterocycles. The van der Waals surface area contributed by atoms with Crippen LogP contribution in [0.3, 0.4) is 0 Å². The molecule has 0 bridgehead atoms. The molecule has 72 valence electrons. The number of rotatable bonds is 3. The van der Waals surface area contributed by atoms with E-state index in [-0.39, 0.29) is 12.2 Å². The van der Waals surface area contributed by atoms with E-state index in [2.05, 4.69) is 0 Å². The molecule has 0 aliphatic carbocycles. The first kappa shape index (κ1) is 10.3. The van der Waals surface area contributed by atoms with Crippen LogP contribution in [-0.2, 0) is 17.5 Å². The normalized spacial score (nSPS) is 12.8. The smallest absolute Gasteiger partial charge is 0.159 e. The third kappa shape index (κ3) is 3.20. The standard InChI is InChI=1S/C8H8F2O2S/c9-7-2-1-6(5-8(7)10)3-4-13(11)12/h1-2,5H,3-4H2,(H,11,12)/p-1. The van der Waals surface area contributed by atoms with E-state index in [0.717, 1.165) is 12.1 Å². The van der Waals surface area contributed by atoms with E-state index in [0.29, 0.717) is 5.56 Å². The Labute approximate surface area is 76.9 Å². The first-order chi connectivity index (χ1) is 6.09. The Hall–Kier alpha value is -0.810. The zero-order valence-corrected chi connectivity index (χ0v) is 7.44. The van der Waals surface area contributed by atoms with Crippen molar-refractivity contribution >= 4 is 11.1 Å². The Bertz CT molecular complexity index is 328. The molecule has 0 radical (unpaired) electrons. The quantitative estimate of drug-likeness (QED) is 0.699. The molecule has 0 aliphatic heterocycles. The highest BCUT2D eigenvalue weighted by molar-refractivity contribution is 7.79. The second-order valence-electron chi connectivity index (χ2n) is 2.51. The lowest BCUT2D eigenvalue weighted by atomic mass is 10.2. The monoisotopic (exact) mass is 205 g/mol. The Balaban J connectivity index is 2.68. The molecule has 1 atom stereocenters. The number of hydrogen-bond donors (Lipinski definition) is 0. The summed E-state index contributed by atoms with van der Waals surface area (Å²) in [5.41, 5.74) is 0.475. The van der Waals surface area contributed by atoms with E-state index < -0.39 is 22.7 Å². The Morgan fingerprint density at radius 1 is 1.31 bits per heavy atom. The topological polar surface area (TPSA) is 40.1 Å². The van der Waals surface area contributed by atoms with Gasteiger partial charge in [0, 0.05) is 5.75 Å². The number of aryl methyl sites for hydroxylation is 1. The van der Waals surface area contributed by atoms with Crippen LogP contribution < -0.4 is 0 Å². The Kier molecular flexibility index (Phi) is 3.50. The van der Waals surface area contributed by atoms with E-state index in [1.54, 1.807) is 0 Å². The summed E-state index contributed by atoms with van der Waals surface area (Å²) in [6.45, 7) is 0. The van der Waals surface area contributed by atoms with Gasteiger partial charge in [-0.1, -0.05) is 17.1 Å². The van der Waals surface area contributed by atoms with Crippen molar-refractivity contribution in [1.82, 2.24) is 0 Å². The van der Waals surface area contributed by atoms with Crippen LogP contribution in [0.4, 0.5) is 8.78 Å². The van der Waals surface area contributed by atoms with Gasteiger partial charge in [0.1, 0.15) is 0 Å². The van der Waals surface area contributed by atoms with E-state index in [1.165, 1.54) is 6.07 Å². The fourth-order valence-electron chi connectivity index (χ4n) is 0.896. The van der Waals surface area contributed by atoms with Crippen molar-refractivity contribution in [2.24, 2.45) is 0 Å². The third-order valence-corrected chi connectivity index (χ3v) is 2.08. The van der Waals surface area contributed by atoms with Crippen molar-refractivity contribution in [1.29, 1.82) is 0 Å². The lowest BCUT2D eigenvalue weighted by molar-refractivity contribution is 0.507. The first-order valence-corrected chi connectivity index (χ1v) is 4.84. The summed E-state index contributed by atoms with van der Waals surface area (Å²) in [5.74, 6) is -1.95. The summed E-state index contributed by atoms with van der Waals surface area (Å²) in [6.07, 6.45) is 0.202. The van der Waals surface area contributed by atoms with Gasteiger partial charge in [-0.15, -0.1) is 0 Å². The molecule has 1 rings (SSSR count). The van der Waals surface area contributed by atoms with E-state index in [9.17, 15) is 17.5 Å². The van der Waals surface area contributed by atoms with Crippen molar-refractivity contribution in [2.45, 2.75) is 6.42 Å². The lowest BCUT2D eigenvalue weighted by Gasteiger charge is -2.04. The van der Waals surface area contributed by atoms with Crippen molar-refractivity contribution < 1.29 is 17.5 Å². The molecular weight excluding hydrogens is 198 g/mol. The molecule has 0 fully saturated rings. The van der Waals surface area contributed by atoms with Gasteiger partial charge in [-0.3, -0.25) is 4.21 Å². The summed E-state index contributed by atoms with van der Waals surface area (Å²) >= 11 is -2.14. The van der Waals surface area contributed by atoms with Gasteiger partial charge in [-0.05, 0) is 24.1 Å². The van der Waals surface area contributed by atoms with Gasteiger partial charge in [0.15, 0.2) is 11.6 Å². The highest BCUT2D eigenvalue weighted by Crippen LogP contribution is 2.09. The van der Waals surface area contributed by atoms with Gasteiger partial charge >= 0.3 is 0 Å². The second-order valence-corrected chi connectivity index (χ2v) is 3.52. The van der Waals surface area contributed by atoms with Crippen LogP contribution in [0, 0.1) is 11.6 Å². The molecule has 0 N–H and O–H groups in total. The van der Waals surface area contributed by atoms with Crippen molar-refractivity contribution in [3.8, 4) is 0 Å². The molecule has 0 saturated carbocycles. The summed E-state index contributed by atoms with van der Waals surface area (Å²) < 4.78 is 45.3. The fourth-order valence-corrected chi connectivity index (χ4v) is 1.30. The molecule has 0 heterocycles. The van der Waals surface area contributed by atoms with Gasteiger partial charge in [0.25, 0.3) is 0 Å². The van der Waals surface area contributed by atoms with Crippen LogP contribution in [0.15, 0.2) is 18.2 Å². The van der Waals surface area contributed by atoms with Gasteiger partial charge in [-0.2, -0.15) is 0 Å². The van der Waals surface area contributed by atoms with Crippen LogP contribution in [-0.4, -0.2) is 14.5 Å². The Morgan fingerprint density at radius 2 is 2.00 bits per heavy atom. The summed E-state index contributed by atoms with van der Waals surface area (Å²) in [5, 5.41) is 0. The van der Waals surface area contributed by atoms with Crippen LogP contribution in [0.25, 0.3) is 0 Å². The van der Waals surface area contributed by atoms with Crippen LogP contribution in [0.1, 0.15) is 5.56 Å². The fraction of sp³-hybridized carbons (Fsp3) is 0.250. The average molecular weight is 205 g/mol.